The van der Waals surface area contributed by atoms with Crippen molar-refractivity contribution >= 4 is 15.9 Å². The summed E-state index contributed by atoms with van der Waals surface area (Å²) in [5.74, 6) is 1.30. The van der Waals surface area contributed by atoms with Gasteiger partial charge in [0.05, 0.1) is 24.2 Å². The fraction of sp³-hybridized carbons (Fsp3) is 0.500. The van der Waals surface area contributed by atoms with E-state index < -0.39 is 10.0 Å². The van der Waals surface area contributed by atoms with Gasteiger partial charge in [0, 0.05) is 19.5 Å². The Hall–Kier alpha value is -2.58. The molecular weight excluding hydrogens is 452 g/mol. The quantitative estimate of drug-likeness (QED) is 0.505. The molecular formula is C26H36N2O5S. The zero-order valence-electron chi connectivity index (χ0n) is 20.4. The monoisotopic (exact) mass is 488 g/mol. The first-order valence-corrected chi connectivity index (χ1v) is 13.6. The lowest BCUT2D eigenvalue weighted by Crippen LogP contribution is -2.35. The summed E-state index contributed by atoms with van der Waals surface area (Å²) in [6.07, 6.45) is 3.76. The fourth-order valence-corrected chi connectivity index (χ4v) is 5.59. The van der Waals surface area contributed by atoms with Crippen molar-refractivity contribution in [3.05, 3.63) is 53.6 Å². The highest BCUT2D eigenvalue weighted by molar-refractivity contribution is 7.89. The molecule has 3 rings (SSSR count). The lowest BCUT2D eigenvalue weighted by Gasteiger charge is -2.25. The van der Waals surface area contributed by atoms with Crippen LogP contribution in [0.15, 0.2) is 47.4 Å². The summed E-state index contributed by atoms with van der Waals surface area (Å²) in [6.45, 7) is 8.03. The Labute approximate surface area is 203 Å². The number of hydrogen-bond acceptors (Lipinski definition) is 5. The second-order valence-electron chi connectivity index (χ2n) is 8.47. The third kappa shape index (κ3) is 6.73. The average molecular weight is 489 g/mol. The SMILES string of the molecule is CCOc1ccc(C(C)NC(=O)CCc2ccc(S(=O)(=O)N3CCCCC3)cc2)cc1OCC. The van der Waals surface area contributed by atoms with E-state index in [2.05, 4.69) is 5.32 Å². The predicted molar refractivity (Wildman–Crippen MR) is 133 cm³/mol. The summed E-state index contributed by atoms with van der Waals surface area (Å²) < 4.78 is 38.4. The van der Waals surface area contributed by atoms with E-state index in [0.29, 0.717) is 55.5 Å². The molecule has 1 unspecified atom stereocenters. The van der Waals surface area contributed by atoms with Crippen molar-refractivity contribution in [3.63, 3.8) is 0 Å². The van der Waals surface area contributed by atoms with Crippen LogP contribution in [0.25, 0.3) is 0 Å². The molecule has 1 fully saturated rings. The van der Waals surface area contributed by atoms with Crippen molar-refractivity contribution in [2.45, 2.75) is 63.8 Å². The lowest BCUT2D eigenvalue weighted by atomic mass is 10.1. The van der Waals surface area contributed by atoms with E-state index in [1.807, 2.05) is 39.0 Å². The number of hydrogen-bond donors (Lipinski definition) is 1. The topological polar surface area (TPSA) is 84.9 Å². The van der Waals surface area contributed by atoms with Crippen LogP contribution in [0.5, 0.6) is 11.5 Å². The zero-order chi connectivity index (χ0) is 24.6. The van der Waals surface area contributed by atoms with Gasteiger partial charge in [-0.2, -0.15) is 4.31 Å². The second kappa shape index (κ2) is 12.2. The molecule has 1 amide bonds. The van der Waals surface area contributed by atoms with Crippen molar-refractivity contribution in [1.29, 1.82) is 0 Å². The summed E-state index contributed by atoms with van der Waals surface area (Å²) in [5, 5.41) is 3.03. The Morgan fingerprint density at radius 2 is 1.62 bits per heavy atom. The number of benzene rings is 2. The molecule has 0 aliphatic carbocycles. The molecule has 0 bridgehead atoms. The third-order valence-electron chi connectivity index (χ3n) is 5.96. The van der Waals surface area contributed by atoms with E-state index in [4.69, 9.17) is 9.47 Å². The molecule has 2 aromatic carbocycles. The molecule has 8 heteroatoms. The first-order valence-electron chi connectivity index (χ1n) is 12.1. The molecule has 0 saturated carbocycles. The molecule has 1 aliphatic rings. The molecule has 186 valence electrons. The standard InChI is InChI=1S/C26H36N2O5S/c1-4-32-24-15-12-22(19-25(24)33-5-2)20(3)27-26(29)16-11-21-9-13-23(14-10-21)34(30,31)28-17-7-6-8-18-28/h9-10,12-15,19-20H,4-8,11,16-18H2,1-3H3,(H,27,29). The van der Waals surface area contributed by atoms with Crippen molar-refractivity contribution < 1.29 is 22.7 Å². The minimum Gasteiger partial charge on any atom is -0.490 e. The van der Waals surface area contributed by atoms with E-state index >= 15 is 0 Å². The van der Waals surface area contributed by atoms with E-state index in [-0.39, 0.29) is 11.9 Å². The van der Waals surface area contributed by atoms with Crippen LogP contribution in [-0.4, -0.2) is 44.9 Å². The van der Waals surface area contributed by atoms with E-state index in [1.54, 1.807) is 28.6 Å². The van der Waals surface area contributed by atoms with Gasteiger partial charge in [0.25, 0.3) is 0 Å². The maximum atomic E-state index is 12.8. The van der Waals surface area contributed by atoms with Crippen LogP contribution in [0.2, 0.25) is 0 Å². The largest absolute Gasteiger partial charge is 0.490 e. The number of sulfonamides is 1. The van der Waals surface area contributed by atoms with Crippen LogP contribution in [0.1, 0.15) is 63.6 Å². The third-order valence-corrected chi connectivity index (χ3v) is 7.87. The molecule has 2 aromatic rings. The van der Waals surface area contributed by atoms with Gasteiger partial charge in [-0.15, -0.1) is 0 Å². The Bertz CT molecular complexity index is 1050. The Morgan fingerprint density at radius 3 is 2.26 bits per heavy atom. The molecule has 1 saturated heterocycles. The van der Waals surface area contributed by atoms with Crippen LogP contribution >= 0.6 is 0 Å². The van der Waals surface area contributed by atoms with Gasteiger partial charge in [-0.25, -0.2) is 8.42 Å². The van der Waals surface area contributed by atoms with Crippen molar-refractivity contribution in [2.75, 3.05) is 26.3 Å². The van der Waals surface area contributed by atoms with Gasteiger partial charge in [0.1, 0.15) is 0 Å². The van der Waals surface area contributed by atoms with Crippen molar-refractivity contribution in [2.24, 2.45) is 0 Å². The highest BCUT2D eigenvalue weighted by atomic mass is 32.2. The molecule has 1 aliphatic heterocycles. The highest BCUT2D eigenvalue weighted by Gasteiger charge is 2.25. The fourth-order valence-electron chi connectivity index (χ4n) is 4.07. The maximum absolute atomic E-state index is 12.8. The molecule has 7 nitrogen and oxygen atoms in total. The van der Waals surface area contributed by atoms with Gasteiger partial charge in [0.2, 0.25) is 15.9 Å². The van der Waals surface area contributed by atoms with E-state index in [1.165, 1.54) is 0 Å². The highest BCUT2D eigenvalue weighted by Crippen LogP contribution is 2.30. The zero-order valence-corrected chi connectivity index (χ0v) is 21.2. The first kappa shape index (κ1) is 26.0. The molecule has 1 N–H and O–H groups in total. The van der Waals surface area contributed by atoms with Gasteiger partial charge in [-0.1, -0.05) is 24.6 Å². The molecule has 0 aromatic heterocycles. The normalized spacial score (nSPS) is 15.5. The average Bonchev–Trinajstić information content (AvgIpc) is 2.85. The molecule has 1 heterocycles. The smallest absolute Gasteiger partial charge is 0.243 e. The number of nitrogens with one attached hydrogen (secondary N) is 1. The summed E-state index contributed by atoms with van der Waals surface area (Å²) in [6, 6.07) is 12.4. The Morgan fingerprint density at radius 1 is 0.971 bits per heavy atom. The molecule has 1 atom stereocenters. The van der Waals surface area contributed by atoms with E-state index in [9.17, 15) is 13.2 Å². The Kier molecular flexibility index (Phi) is 9.36. The van der Waals surface area contributed by atoms with Gasteiger partial charge in [-0.05, 0) is 75.4 Å². The predicted octanol–water partition coefficient (Wildman–Crippen LogP) is 4.47. The van der Waals surface area contributed by atoms with Crippen LogP contribution in [0.4, 0.5) is 0 Å². The molecule has 0 radical (unpaired) electrons. The number of carbonyl (C=O) groups is 1. The summed E-state index contributed by atoms with van der Waals surface area (Å²) in [7, 11) is -3.44. The Balaban J connectivity index is 1.55. The number of rotatable bonds is 11. The number of ether oxygens (including phenoxy) is 2. The maximum Gasteiger partial charge on any atom is 0.243 e. The van der Waals surface area contributed by atoms with Crippen molar-refractivity contribution in [3.8, 4) is 11.5 Å². The second-order valence-corrected chi connectivity index (χ2v) is 10.4. The van der Waals surface area contributed by atoms with Gasteiger partial charge >= 0.3 is 0 Å². The summed E-state index contributed by atoms with van der Waals surface area (Å²) in [5.41, 5.74) is 1.87. The molecule has 34 heavy (non-hydrogen) atoms. The molecule has 0 spiro atoms. The number of aryl methyl sites for hydroxylation is 1. The van der Waals surface area contributed by atoms with Gasteiger partial charge in [0.15, 0.2) is 11.5 Å². The van der Waals surface area contributed by atoms with Crippen LogP contribution in [-0.2, 0) is 21.2 Å². The van der Waals surface area contributed by atoms with Crippen LogP contribution < -0.4 is 14.8 Å². The number of nitrogens with zero attached hydrogens (tertiary/aromatic N) is 1. The van der Waals surface area contributed by atoms with E-state index in [0.717, 1.165) is 30.4 Å². The lowest BCUT2D eigenvalue weighted by molar-refractivity contribution is -0.121. The summed E-state index contributed by atoms with van der Waals surface area (Å²) in [4.78, 5) is 12.9. The first-order chi connectivity index (χ1) is 16.3. The van der Waals surface area contributed by atoms with Gasteiger partial charge in [-0.3, -0.25) is 4.79 Å². The minimum absolute atomic E-state index is 0.0654. The van der Waals surface area contributed by atoms with Crippen molar-refractivity contribution in [1.82, 2.24) is 9.62 Å². The number of carbonyl (C=O) groups excluding carboxylic acids is 1. The summed E-state index contributed by atoms with van der Waals surface area (Å²) >= 11 is 0. The van der Waals surface area contributed by atoms with Crippen LogP contribution in [0.3, 0.4) is 0 Å². The number of amides is 1. The minimum atomic E-state index is -3.44. The van der Waals surface area contributed by atoms with Crippen LogP contribution in [0, 0.1) is 0 Å². The number of piperidine rings is 1. The van der Waals surface area contributed by atoms with Gasteiger partial charge < -0.3 is 14.8 Å².